The molecule has 0 radical (unpaired) electrons. The van der Waals surface area contributed by atoms with E-state index in [9.17, 15) is 9.59 Å². The Morgan fingerprint density at radius 3 is 2.32 bits per heavy atom. The molecule has 5 heteroatoms. The number of aliphatic carboxylic acids is 1. The van der Waals surface area contributed by atoms with Gasteiger partial charge in [0.25, 0.3) is 0 Å². The summed E-state index contributed by atoms with van der Waals surface area (Å²) in [6.07, 6.45) is 5.24. The molecule has 0 aromatic heterocycles. The Bertz CT molecular complexity index is 334. The minimum atomic E-state index is -0.840. The van der Waals surface area contributed by atoms with Crippen LogP contribution in [0, 0.1) is 10.8 Å². The highest BCUT2D eigenvalue weighted by atomic mass is 16.4. The summed E-state index contributed by atoms with van der Waals surface area (Å²) in [6, 6.07) is -0.200. The molecule has 0 bridgehead atoms. The van der Waals surface area contributed by atoms with E-state index < -0.39 is 11.4 Å². The van der Waals surface area contributed by atoms with Crippen LogP contribution in [0.2, 0.25) is 0 Å². The highest BCUT2D eigenvalue weighted by Gasteiger charge is 2.29. The molecule has 0 aromatic carbocycles. The van der Waals surface area contributed by atoms with Crippen LogP contribution < -0.4 is 10.6 Å². The smallest absolute Gasteiger partial charge is 0.314 e. The minimum Gasteiger partial charge on any atom is -0.481 e. The molecule has 0 heterocycles. The molecule has 5 nitrogen and oxygen atoms in total. The number of carbonyl (C=O) groups excluding carboxylic acids is 1. The monoisotopic (exact) mass is 270 g/mol. The summed E-state index contributed by atoms with van der Waals surface area (Å²) in [7, 11) is 0. The fourth-order valence-electron chi connectivity index (χ4n) is 2.36. The summed E-state index contributed by atoms with van der Waals surface area (Å²) >= 11 is 0. The lowest BCUT2D eigenvalue weighted by Crippen LogP contribution is -2.42. The van der Waals surface area contributed by atoms with Crippen molar-refractivity contribution in [1.82, 2.24) is 10.6 Å². The SMILES string of the molecule is CC1(CNC(=O)NCCC(C)(C)C(=O)O)CCCC1. The van der Waals surface area contributed by atoms with E-state index in [2.05, 4.69) is 17.6 Å². The van der Waals surface area contributed by atoms with Crippen LogP contribution in [0.3, 0.4) is 0 Å². The van der Waals surface area contributed by atoms with Crippen LogP contribution in [-0.2, 0) is 4.79 Å². The molecule has 19 heavy (non-hydrogen) atoms. The average Bonchev–Trinajstić information content (AvgIpc) is 2.74. The number of hydrogen-bond donors (Lipinski definition) is 3. The lowest BCUT2D eigenvalue weighted by atomic mass is 9.89. The van der Waals surface area contributed by atoms with Crippen LogP contribution >= 0.6 is 0 Å². The van der Waals surface area contributed by atoms with Crippen molar-refractivity contribution < 1.29 is 14.7 Å². The molecule has 1 rings (SSSR count). The number of amides is 2. The summed E-state index contributed by atoms with van der Waals surface area (Å²) in [5.74, 6) is -0.840. The highest BCUT2D eigenvalue weighted by Crippen LogP contribution is 2.36. The van der Waals surface area contributed by atoms with Gasteiger partial charge in [-0.15, -0.1) is 0 Å². The molecular weight excluding hydrogens is 244 g/mol. The van der Waals surface area contributed by atoms with Gasteiger partial charge in [0.1, 0.15) is 0 Å². The molecule has 110 valence electrons. The van der Waals surface area contributed by atoms with E-state index in [1.54, 1.807) is 13.8 Å². The third-order valence-electron chi connectivity index (χ3n) is 4.10. The lowest BCUT2D eigenvalue weighted by molar-refractivity contribution is -0.147. The highest BCUT2D eigenvalue weighted by molar-refractivity contribution is 5.75. The normalized spacial score (nSPS) is 18.1. The predicted octanol–water partition coefficient (Wildman–Crippen LogP) is 2.37. The van der Waals surface area contributed by atoms with Crippen LogP contribution in [0.1, 0.15) is 52.9 Å². The lowest BCUT2D eigenvalue weighted by Gasteiger charge is -2.24. The first-order valence-electron chi connectivity index (χ1n) is 7.00. The standard InChI is InChI=1S/C14H26N2O3/c1-13(2,11(17)18)8-9-15-12(19)16-10-14(3)6-4-5-7-14/h4-10H2,1-3H3,(H,17,18)(H2,15,16,19). The van der Waals surface area contributed by atoms with E-state index in [4.69, 9.17) is 5.11 Å². The van der Waals surface area contributed by atoms with E-state index in [0.29, 0.717) is 19.5 Å². The van der Waals surface area contributed by atoms with Crippen molar-refractivity contribution in [3.05, 3.63) is 0 Å². The maximum absolute atomic E-state index is 11.6. The van der Waals surface area contributed by atoms with Gasteiger partial charge in [-0.05, 0) is 38.5 Å². The predicted molar refractivity (Wildman–Crippen MR) is 74.0 cm³/mol. The fraction of sp³-hybridized carbons (Fsp3) is 0.857. The average molecular weight is 270 g/mol. The van der Waals surface area contributed by atoms with Gasteiger partial charge >= 0.3 is 12.0 Å². The molecule has 0 atom stereocenters. The number of carbonyl (C=O) groups is 2. The fourth-order valence-corrected chi connectivity index (χ4v) is 2.36. The molecule has 0 spiro atoms. The van der Waals surface area contributed by atoms with Gasteiger partial charge in [-0.25, -0.2) is 4.79 Å². The van der Waals surface area contributed by atoms with Crippen LogP contribution in [0.25, 0.3) is 0 Å². The van der Waals surface area contributed by atoms with Gasteiger partial charge in [0.15, 0.2) is 0 Å². The van der Waals surface area contributed by atoms with E-state index in [1.807, 2.05) is 0 Å². The molecule has 3 N–H and O–H groups in total. The summed E-state index contributed by atoms with van der Waals surface area (Å²) in [6.45, 7) is 6.60. The van der Waals surface area contributed by atoms with Crippen LogP contribution in [-0.4, -0.2) is 30.2 Å². The van der Waals surface area contributed by atoms with Gasteiger partial charge in [-0.3, -0.25) is 4.79 Å². The van der Waals surface area contributed by atoms with E-state index >= 15 is 0 Å². The Balaban J connectivity index is 2.20. The van der Waals surface area contributed by atoms with Crippen LogP contribution in [0.15, 0.2) is 0 Å². The Morgan fingerprint density at radius 1 is 1.21 bits per heavy atom. The second-order valence-electron chi connectivity index (χ2n) is 6.57. The Hall–Kier alpha value is -1.26. The number of carboxylic acid groups (broad SMARTS) is 1. The zero-order chi connectivity index (χ0) is 14.5. The summed E-state index contributed by atoms with van der Waals surface area (Å²) in [4.78, 5) is 22.5. The topological polar surface area (TPSA) is 78.4 Å². The maximum atomic E-state index is 11.6. The maximum Gasteiger partial charge on any atom is 0.314 e. The van der Waals surface area contributed by atoms with E-state index in [-0.39, 0.29) is 11.4 Å². The molecule has 1 saturated carbocycles. The zero-order valence-corrected chi connectivity index (χ0v) is 12.2. The molecule has 1 fully saturated rings. The first kappa shape index (κ1) is 15.8. The minimum absolute atomic E-state index is 0.200. The first-order valence-corrected chi connectivity index (χ1v) is 7.00. The third-order valence-corrected chi connectivity index (χ3v) is 4.10. The van der Waals surface area contributed by atoms with Gasteiger partial charge in [-0.1, -0.05) is 19.8 Å². The number of rotatable bonds is 6. The molecule has 2 amide bonds. The summed E-state index contributed by atoms with van der Waals surface area (Å²) < 4.78 is 0. The number of nitrogens with one attached hydrogen (secondary N) is 2. The molecule has 0 aliphatic heterocycles. The van der Waals surface area contributed by atoms with Gasteiger partial charge in [0, 0.05) is 13.1 Å². The molecule has 1 aliphatic carbocycles. The van der Waals surface area contributed by atoms with Crippen molar-refractivity contribution in [3.63, 3.8) is 0 Å². The molecule has 0 saturated heterocycles. The van der Waals surface area contributed by atoms with Crippen molar-refractivity contribution in [2.24, 2.45) is 10.8 Å². The van der Waals surface area contributed by atoms with Crippen molar-refractivity contribution >= 4 is 12.0 Å². The van der Waals surface area contributed by atoms with Gasteiger partial charge < -0.3 is 15.7 Å². The van der Waals surface area contributed by atoms with Gasteiger partial charge in [-0.2, -0.15) is 0 Å². The van der Waals surface area contributed by atoms with Crippen molar-refractivity contribution in [2.45, 2.75) is 52.9 Å². The van der Waals surface area contributed by atoms with E-state index in [0.717, 1.165) is 0 Å². The van der Waals surface area contributed by atoms with Crippen molar-refractivity contribution in [1.29, 1.82) is 0 Å². The number of hydrogen-bond acceptors (Lipinski definition) is 2. The van der Waals surface area contributed by atoms with Gasteiger partial charge in [0.2, 0.25) is 0 Å². The van der Waals surface area contributed by atoms with Gasteiger partial charge in [0.05, 0.1) is 5.41 Å². The second-order valence-corrected chi connectivity index (χ2v) is 6.57. The first-order chi connectivity index (χ1) is 8.75. The number of carboxylic acids is 1. The summed E-state index contributed by atoms with van der Waals surface area (Å²) in [5, 5.41) is 14.6. The summed E-state index contributed by atoms with van der Waals surface area (Å²) in [5.41, 5.74) is -0.567. The zero-order valence-electron chi connectivity index (χ0n) is 12.2. The molecule has 0 unspecified atom stereocenters. The van der Waals surface area contributed by atoms with Crippen LogP contribution in [0.4, 0.5) is 4.79 Å². The third kappa shape index (κ3) is 5.09. The second kappa shape index (κ2) is 6.26. The molecule has 1 aliphatic rings. The Labute approximate surface area is 115 Å². The van der Waals surface area contributed by atoms with Crippen LogP contribution in [0.5, 0.6) is 0 Å². The molecule has 0 aromatic rings. The molecular formula is C14H26N2O3. The Morgan fingerprint density at radius 2 is 1.79 bits per heavy atom. The quantitative estimate of drug-likeness (QED) is 0.693. The van der Waals surface area contributed by atoms with Crippen molar-refractivity contribution in [3.8, 4) is 0 Å². The largest absolute Gasteiger partial charge is 0.481 e. The van der Waals surface area contributed by atoms with Crippen molar-refractivity contribution in [2.75, 3.05) is 13.1 Å². The Kier molecular flexibility index (Phi) is 5.20. The number of urea groups is 1. The van der Waals surface area contributed by atoms with E-state index in [1.165, 1.54) is 25.7 Å².